The number of ketones is 1. The van der Waals surface area contributed by atoms with Crippen LogP contribution in [-0.4, -0.2) is 11.5 Å². The normalized spacial score (nSPS) is 11.7. The predicted octanol–water partition coefficient (Wildman–Crippen LogP) is 3.09. The van der Waals surface area contributed by atoms with E-state index < -0.39 is 0 Å². The lowest BCUT2D eigenvalue weighted by Gasteiger charge is -2.15. The molecule has 0 aromatic heterocycles. The smallest absolute Gasteiger partial charge is 0.138 e. The SMILES string of the molecule is CC(C)(C)C(=O)CCCCCS. The van der Waals surface area contributed by atoms with E-state index in [1.807, 2.05) is 20.8 Å². The zero-order chi connectivity index (χ0) is 9.61. The minimum absolute atomic E-state index is 0.152. The summed E-state index contributed by atoms with van der Waals surface area (Å²) in [6, 6.07) is 0. The van der Waals surface area contributed by atoms with Gasteiger partial charge in [-0.25, -0.2) is 0 Å². The molecule has 12 heavy (non-hydrogen) atoms. The molecule has 0 saturated heterocycles. The number of hydrogen-bond donors (Lipinski definition) is 1. The molecule has 0 heterocycles. The highest BCUT2D eigenvalue weighted by molar-refractivity contribution is 7.80. The summed E-state index contributed by atoms with van der Waals surface area (Å²) in [5, 5.41) is 0. The van der Waals surface area contributed by atoms with Crippen LogP contribution in [0.5, 0.6) is 0 Å². The minimum atomic E-state index is -0.152. The van der Waals surface area contributed by atoms with E-state index >= 15 is 0 Å². The van der Waals surface area contributed by atoms with Crippen LogP contribution in [0.4, 0.5) is 0 Å². The molecule has 2 heteroatoms. The van der Waals surface area contributed by atoms with Crippen LogP contribution >= 0.6 is 12.6 Å². The Bertz CT molecular complexity index is 135. The minimum Gasteiger partial charge on any atom is -0.299 e. The Hall–Kier alpha value is 0.0200. The number of carbonyl (C=O) groups is 1. The number of rotatable bonds is 5. The number of Topliss-reactive ketones (excluding diaryl/α,β-unsaturated/α-hetero) is 1. The van der Waals surface area contributed by atoms with Crippen molar-refractivity contribution in [2.75, 3.05) is 5.75 Å². The first-order chi connectivity index (χ1) is 5.48. The Balaban J connectivity index is 3.45. The van der Waals surface area contributed by atoms with Gasteiger partial charge in [-0.1, -0.05) is 27.2 Å². The zero-order valence-corrected chi connectivity index (χ0v) is 9.29. The van der Waals surface area contributed by atoms with Gasteiger partial charge < -0.3 is 0 Å². The predicted molar refractivity (Wildman–Crippen MR) is 56.8 cm³/mol. The fraction of sp³-hybridized carbons (Fsp3) is 0.900. The van der Waals surface area contributed by atoms with Gasteiger partial charge in [0, 0.05) is 11.8 Å². The van der Waals surface area contributed by atoms with Crippen molar-refractivity contribution in [3.8, 4) is 0 Å². The molecule has 0 rings (SSSR count). The van der Waals surface area contributed by atoms with Crippen molar-refractivity contribution in [1.29, 1.82) is 0 Å². The van der Waals surface area contributed by atoms with Crippen LogP contribution in [0.2, 0.25) is 0 Å². The molecule has 0 aliphatic rings. The summed E-state index contributed by atoms with van der Waals surface area (Å²) in [4.78, 5) is 11.4. The summed E-state index contributed by atoms with van der Waals surface area (Å²) in [5.41, 5.74) is -0.152. The van der Waals surface area contributed by atoms with E-state index in [-0.39, 0.29) is 5.41 Å². The molecule has 0 N–H and O–H groups in total. The average Bonchev–Trinajstić information content (AvgIpc) is 1.96. The summed E-state index contributed by atoms with van der Waals surface area (Å²) >= 11 is 4.12. The fourth-order valence-electron chi connectivity index (χ4n) is 0.949. The maximum atomic E-state index is 11.4. The lowest BCUT2D eigenvalue weighted by atomic mass is 9.88. The Morgan fingerprint density at radius 1 is 1.17 bits per heavy atom. The molecule has 0 aromatic carbocycles. The highest BCUT2D eigenvalue weighted by atomic mass is 32.1. The van der Waals surface area contributed by atoms with E-state index in [1.54, 1.807) is 0 Å². The molecule has 0 unspecified atom stereocenters. The average molecular weight is 188 g/mol. The number of hydrogen-bond acceptors (Lipinski definition) is 2. The van der Waals surface area contributed by atoms with Crippen molar-refractivity contribution in [3.63, 3.8) is 0 Å². The second-order valence-electron chi connectivity index (χ2n) is 4.21. The first-order valence-corrected chi connectivity index (χ1v) is 5.26. The third-order valence-electron chi connectivity index (χ3n) is 1.90. The van der Waals surface area contributed by atoms with Crippen molar-refractivity contribution in [1.82, 2.24) is 0 Å². The first kappa shape index (κ1) is 12.0. The Kier molecular flexibility index (Phi) is 5.64. The van der Waals surface area contributed by atoms with Crippen LogP contribution in [-0.2, 0) is 4.79 Å². The van der Waals surface area contributed by atoms with Crippen molar-refractivity contribution < 1.29 is 4.79 Å². The third-order valence-corrected chi connectivity index (χ3v) is 2.21. The topological polar surface area (TPSA) is 17.1 Å². The highest BCUT2D eigenvalue weighted by Crippen LogP contribution is 2.18. The molecule has 0 aliphatic carbocycles. The number of thiol groups is 1. The van der Waals surface area contributed by atoms with E-state index in [0.717, 1.165) is 31.4 Å². The molecule has 0 radical (unpaired) electrons. The quantitative estimate of drug-likeness (QED) is 0.518. The monoisotopic (exact) mass is 188 g/mol. The van der Waals surface area contributed by atoms with Crippen molar-refractivity contribution in [2.45, 2.75) is 46.5 Å². The Labute approximate surface area is 81.3 Å². The summed E-state index contributed by atoms with van der Waals surface area (Å²) < 4.78 is 0. The van der Waals surface area contributed by atoms with E-state index in [1.165, 1.54) is 0 Å². The van der Waals surface area contributed by atoms with Crippen LogP contribution < -0.4 is 0 Å². The molecular weight excluding hydrogens is 168 g/mol. The summed E-state index contributed by atoms with van der Waals surface area (Å²) in [5.74, 6) is 1.31. The van der Waals surface area contributed by atoms with Gasteiger partial charge in [0.1, 0.15) is 5.78 Å². The van der Waals surface area contributed by atoms with Crippen LogP contribution in [0.1, 0.15) is 46.5 Å². The van der Waals surface area contributed by atoms with E-state index in [0.29, 0.717) is 5.78 Å². The molecule has 0 atom stereocenters. The Morgan fingerprint density at radius 3 is 2.17 bits per heavy atom. The van der Waals surface area contributed by atoms with Crippen molar-refractivity contribution in [2.24, 2.45) is 5.41 Å². The lowest BCUT2D eigenvalue weighted by Crippen LogP contribution is -2.19. The molecule has 0 aromatic rings. The third kappa shape index (κ3) is 5.64. The molecule has 0 spiro atoms. The van der Waals surface area contributed by atoms with E-state index in [2.05, 4.69) is 12.6 Å². The summed E-state index contributed by atoms with van der Waals surface area (Å²) in [7, 11) is 0. The zero-order valence-electron chi connectivity index (χ0n) is 8.39. The van der Waals surface area contributed by atoms with Gasteiger partial charge in [0.2, 0.25) is 0 Å². The summed E-state index contributed by atoms with van der Waals surface area (Å²) in [6.07, 6.45) is 4.01. The van der Waals surface area contributed by atoms with Gasteiger partial charge in [-0.2, -0.15) is 12.6 Å². The van der Waals surface area contributed by atoms with Crippen molar-refractivity contribution >= 4 is 18.4 Å². The second-order valence-corrected chi connectivity index (χ2v) is 4.65. The van der Waals surface area contributed by atoms with Crippen LogP contribution in [0.3, 0.4) is 0 Å². The van der Waals surface area contributed by atoms with Gasteiger partial charge in [0.15, 0.2) is 0 Å². The maximum Gasteiger partial charge on any atom is 0.138 e. The maximum absolute atomic E-state index is 11.4. The van der Waals surface area contributed by atoms with Gasteiger partial charge in [-0.05, 0) is 18.6 Å². The molecule has 0 bridgehead atoms. The first-order valence-electron chi connectivity index (χ1n) is 4.62. The molecule has 0 saturated carbocycles. The van der Waals surface area contributed by atoms with Crippen LogP contribution in [0.15, 0.2) is 0 Å². The standard InChI is InChI=1S/C10H20OS/c1-10(2,3)9(11)7-5-4-6-8-12/h12H,4-8H2,1-3H3. The molecule has 0 aliphatic heterocycles. The van der Waals surface area contributed by atoms with Gasteiger partial charge in [-0.15, -0.1) is 0 Å². The van der Waals surface area contributed by atoms with Gasteiger partial charge in [0.05, 0.1) is 0 Å². The lowest BCUT2D eigenvalue weighted by molar-refractivity contribution is -0.126. The van der Waals surface area contributed by atoms with E-state index in [9.17, 15) is 4.79 Å². The van der Waals surface area contributed by atoms with Gasteiger partial charge in [-0.3, -0.25) is 4.79 Å². The largest absolute Gasteiger partial charge is 0.299 e. The molecular formula is C10H20OS. The van der Waals surface area contributed by atoms with Gasteiger partial charge >= 0.3 is 0 Å². The Morgan fingerprint density at radius 2 is 1.75 bits per heavy atom. The molecule has 0 fully saturated rings. The van der Waals surface area contributed by atoms with E-state index in [4.69, 9.17) is 0 Å². The summed E-state index contributed by atoms with van der Waals surface area (Å²) in [6.45, 7) is 5.94. The van der Waals surface area contributed by atoms with Crippen LogP contribution in [0.25, 0.3) is 0 Å². The second kappa shape index (κ2) is 5.63. The van der Waals surface area contributed by atoms with Gasteiger partial charge in [0.25, 0.3) is 0 Å². The van der Waals surface area contributed by atoms with Crippen molar-refractivity contribution in [3.05, 3.63) is 0 Å². The molecule has 1 nitrogen and oxygen atoms in total. The number of carbonyl (C=O) groups excluding carboxylic acids is 1. The molecule has 72 valence electrons. The molecule has 0 amide bonds. The van der Waals surface area contributed by atoms with Crippen LogP contribution in [0, 0.1) is 5.41 Å². The number of unbranched alkanes of at least 4 members (excludes halogenated alkanes) is 2. The highest BCUT2D eigenvalue weighted by Gasteiger charge is 2.19. The fourth-order valence-corrected chi connectivity index (χ4v) is 1.17.